The number of rotatable bonds is 5. The quantitative estimate of drug-likeness (QED) is 0.737. The molecular weight excluding hydrogens is 206 g/mol. The highest BCUT2D eigenvalue weighted by Gasteiger charge is 2.18. The predicted molar refractivity (Wildman–Crippen MR) is 64.2 cm³/mol. The van der Waals surface area contributed by atoms with E-state index in [1.807, 2.05) is 27.7 Å². The first-order chi connectivity index (χ1) is 7.42. The van der Waals surface area contributed by atoms with Crippen LogP contribution in [-0.2, 0) is 4.79 Å². The second-order valence-electron chi connectivity index (χ2n) is 4.01. The second kappa shape index (κ2) is 7.09. The largest absolute Gasteiger partial charge is 0.352 e. The molecule has 0 bridgehead atoms. The van der Waals surface area contributed by atoms with E-state index in [-0.39, 0.29) is 18.0 Å². The molecule has 3 amide bonds. The maximum atomic E-state index is 11.6. The summed E-state index contributed by atoms with van der Waals surface area (Å²) >= 11 is 0. The van der Waals surface area contributed by atoms with E-state index in [4.69, 9.17) is 0 Å². The summed E-state index contributed by atoms with van der Waals surface area (Å²) in [7, 11) is 0. The van der Waals surface area contributed by atoms with Gasteiger partial charge in [0.2, 0.25) is 5.91 Å². The smallest absolute Gasteiger partial charge is 0.318 e. The van der Waals surface area contributed by atoms with Gasteiger partial charge in [-0.3, -0.25) is 4.79 Å². The van der Waals surface area contributed by atoms with E-state index < -0.39 is 6.04 Å². The average Bonchev–Trinajstić information content (AvgIpc) is 2.18. The number of urea groups is 1. The van der Waals surface area contributed by atoms with Crippen molar-refractivity contribution in [1.82, 2.24) is 15.5 Å². The maximum absolute atomic E-state index is 11.6. The van der Waals surface area contributed by atoms with Crippen molar-refractivity contribution in [3.63, 3.8) is 0 Å². The highest BCUT2D eigenvalue weighted by molar-refractivity contribution is 5.86. The minimum Gasteiger partial charge on any atom is -0.352 e. The highest BCUT2D eigenvalue weighted by atomic mass is 16.2. The van der Waals surface area contributed by atoms with Gasteiger partial charge >= 0.3 is 6.03 Å². The Hall–Kier alpha value is -1.26. The van der Waals surface area contributed by atoms with Gasteiger partial charge in [0.15, 0.2) is 0 Å². The molecule has 0 fully saturated rings. The zero-order valence-corrected chi connectivity index (χ0v) is 10.8. The highest BCUT2D eigenvalue weighted by Crippen LogP contribution is 1.92. The Balaban J connectivity index is 4.17. The molecule has 0 aromatic carbocycles. The third-order valence-electron chi connectivity index (χ3n) is 2.21. The first-order valence-corrected chi connectivity index (χ1v) is 5.78. The Labute approximate surface area is 97.6 Å². The third-order valence-corrected chi connectivity index (χ3v) is 2.21. The number of hydrogen-bond donors (Lipinski definition) is 2. The van der Waals surface area contributed by atoms with Gasteiger partial charge in [0.1, 0.15) is 6.04 Å². The Morgan fingerprint density at radius 2 is 1.56 bits per heavy atom. The summed E-state index contributed by atoms with van der Waals surface area (Å²) in [6.07, 6.45) is 0. The molecule has 5 nitrogen and oxygen atoms in total. The minimum absolute atomic E-state index is 0.0836. The lowest BCUT2D eigenvalue weighted by atomic mass is 10.3. The van der Waals surface area contributed by atoms with Gasteiger partial charge in [0.25, 0.3) is 0 Å². The number of amides is 3. The van der Waals surface area contributed by atoms with Crippen LogP contribution in [0.15, 0.2) is 0 Å². The van der Waals surface area contributed by atoms with Crippen molar-refractivity contribution >= 4 is 11.9 Å². The summed E-state index contributed by atoms with van der Waals surface area (Å²) in [5, 5.41) is 5.41. The van der Waals surface area contributed by atoms with Gasteiger partial charge < -0.3 is 15.5 Å². The fourth-order valence-electron chi connectivity index (χ4n) is 1.26. The van der Waals surface area contributed by atoms with E-state index in [1.54, 1.807) is 11.8 Å². The Morgan fingerprint density at radius 1 is 1.06 bits per heavy atom. The van der Waals surface area contributed by atoms with Crippen LogP contribution in [0.25, 0.3) is 0 Å². The van der Waals surface area contributed by atoms with Crippen LogP contribution in [0.3, 0.4) is 0 Å². The van der Waals surface area contributed by atoms with E-state index in [0.29, 0.717) is 13.1 Å². The Morgan fingerprint density at radius 3 is 1.94 bits per heavy atom. The maximum Gasteiger partial charge on any atom is 0.318 e. The van der Waals surface area contributed by atoms with Crippen LogP contribution in [-0.4, -0.2) is 42.0 Å². The summed E-state index contributed by atoms with van der Waals surface area (Å²) in [4.78, 5) is 24.8. The van der Waals surface area contributed by atoms with E-state index in [9.17, 15) is 9.59 Å². The molecule has 0 saturated carbocycles. The topological polar surface area (TPSA) is 61.4 Å². The number of carbonyl (C=O) groups excluding carboxylic acids is 2. The lowest BCUT2D eigenvalue weighted by Gasteiger charge is -2.22. The second-order valence-corrected chi connectivity index (χ2v) is 4.01. The number of nitrogens with one attached hydrogen (secondary N) is 2. The normalized spacial score (nSPS) is 12.1. The van der Waals surface area contributed by atoms with Crippen LogP contribution < -0.4 is 10.6 Å². The number of carbonyl (C=O) groups is 2. The van der Waals surface area contributed by atoms with Crippen molar-refractivity contribution in [2.45, 2.75) is 46.7 Å². The predicted octanol–water partition coefficient (Wildman–Crippen LogP) is 0.951. The first kappa shape index (κ1) is 14.7. The fourth-order valence-corrected chi connectivity index (χ4v) is 1.26. The van der Waals surface area contributed by atoms with E-state index >= 15 is 0 Å². The van der Waals surface area contributed by atoms with Gasteiger partial charge in [-0.2, -0.15) is 0 Å². The van der Waals surface area contributed by atoms with Gasteiger partial charge in [-0.05, 0) is 34.6 Å². The number of nitrogens with zero attached hydrogens (tertiary/aromatic N) is 1. The SMILES string of the molecule is CCN(CC)C(=O)NC(C)C(=O)NC(C)C. The summed E-state index contributed by atoms with van der Waals surface area (Å²) in [6.45, 7) is 10.5. The molecule has 2 N–H and O–H groups in total. The van der Waals surface area contributed by atoms with Crippen molar-refractivity contribution in [3.8, 4) is 0 Å². The van der Waals surface area contributed by atoms with Gasteiger partial charge in [-0.15, -0.1) is 0 Å². The molecule has 0 rings (SSSR count). The minimum atomic E-state index is -0.504. The Bertz CT molecular complexity index is 237. The average molecular weight is 229 g/mol. The third kappa shape index (κ3) is 5.00. The van der Waals surface area contributed by atoms with Crippen molar-refractivity contribution in [2.24, 2.45) is 0 Å². The van der Waals surface area contributed by atoms with Gasteiger partial charge in [0.05, 0.1) is 0 Å². The van der Waals surface area contributed by atoms with Crippen LogP contribution in [0.2, 0.25) is 0 Å². The molecule has 1 atom stereocenters. The molecule has 0 aromatic rings. The van der Waals surface area contributed by atoms with Gasteiger partial charge in [0, 0.05) is 19.1 Å². The molecule has 0 heterocycles. The Kier molecular flexibility index (Phi) is 6.53. The fraction of sp³-hybridized carbons (Fsp3) is 0.818. The van der Waals surface area contributed by atoms with Crippen molar-refractivity contribution in [2.75, 3.05) is 13.1 Å². The molecule has 1 unspecified atom stereocenters. The van der Waals surface area contributed by atoms with Gasteiger partial charge in [-0.1, -0.05) is 0 Å². The molecule has 0 spiro atoms. The monoisotopic (exact) mass is 229 g/mol. The van der Waals surface area contributed by atoms with Crippen molar-refractivity contribution in [1.29, 1.82) is 0 Å². The summed E-state index contributed by atoms with van der Waals surface area (Å²) < 4.78 is 0. The van der Waals surface area contributed by atoms with E-state index in [1.165, 1.54) is 0 Å². The standard InChI is InChI=1S/C11H23N3O2/c1-6-14(7-2)11(16)13-9(5)10(15)12-8(3)4/h8-9H,6-7H2,1-5H3,(H,12,15)(H,13,16). The first-order valence-electron chi connectivity index (χ1n) is 5.78. The molecule has 0 aliphatic carbocycles. The van der Waals surface area contributed by atoms with Crippen LogP contribution >= 0.6 is 0 Å². The zero-order valence-electron chi connectivity index (χ0n) is 10.8. The molecule has 94 valence electrons. The molecule has 5 heteroatoms. The van der Waals surface area contributed by atoms with E-state index in [0.717, 1.165) is 0 Å². The van der Waals surface area contributed by atoms with Gasteiger partial charge in [-0.25, -0.2) is 4.79 Å². The summed E-state index contributed by atoms with van der Waals surface area (Å²) in [5.41, 5.74) is 0. The van der Waals surface area contributed by atoms with Crippen LogP contribution in [0.1, 0.15) is 34.6 Å². The lowest BCUT2D eigenvalue weighted by molar-refractivity contribution is -0.123. The lowest BCUT2D eigenvalue weighted by Crippen LogP contribution is -2.50. The summed E-state index contributed by atoms with van der Waals surface area (Å²) in [5.74, 6) is -0.157. The molecule has 16 heavy (non-hydrogen) atoms. The van der Waals surface area contributed by atoms with E-state index in [2.05, 4.69) is 10.6 Å². The summed E-state index contributed by atoms with van der Waals surface area (Å²) in [6, 6.07) is -0.618. The van der Waals surface area contributed by atoms with Crippen LogP contribution in [0.4, 0.5) is 4.79 Å². The van der Waals surface area contributed by atoms with Crippen LogP contribution in [0.5, 0.6) is 0 Å². The molecular formula is C11H23N3O2. The molecule has 0 radical (unpaired) electrons. The number of hydrogen-bond acceptors (Lipinski definition) is 2. The van der Waals surface area contributed by atoms with Crippen molar-refractivity contribution < 1.29 is 9.59 Å². The molecule has 0 saturated heterocycles. The van der Waals surface area contributed by atoms with Crippen LogP contribution in [0, 0.1) is 0 Å². The molecule has 0 aliphatic heterocycles. The zero-order chi connectivity index (χ0) is 12.7. The molecule has 0 aromatic heterocycles. The van der Waals surface area contributed by atoms with Crippen molar-refractivity contribution in [3.05, 3.63) is 0 Å². The molecule has 0 aliphatic rings.